The summed E-state index contributed by atoms with van der Waals surface area (Å²) in [7, 11) is 1.96. The van der Waals surface area contributed by atoms with Gasteiger partial charge in [0.2, 0.25) is 0 Å². The smallest absolute Gasteiger partial charge is 0.260 e. The van der Waals surface area contributed by atoms with Crippen molar-refractivity contribution < 1.29 is 9.53 Å². The fourth-order valence-corrected chi connectivity index (χ4v) is 3.89. The van der Waals surface area contributed by atoms with Gasteiger partial charge < -0.3 is 14.2 Å². The summed E-state index contributed by atoms with van der Waals surface area (Å²) in [6, 6.07) is 9.42. The highest BCUT2D eigenvalue weighted by molar-refractivity contribution is 5.78. The van der Waals surface area contributed by atoms with E-state index in [9.17, 15) is 4.79 Å². The van der Waals surface area contributed by atoms with Crippen LogP contribution < -0.4 is 4.74 Å². The third kappa shape index (κ3) is 3.62. The van der Waals surface area contributed by atoms with Gasteiger partial charge in [-0.05, 0) is 30.9 Å². The van der Waals surface area contributed by atoms with Gasteiger partial charge in [-0.25, -0.2) is 0 Å². The Balaban J connectivity index is 1.34. The molecule has 1 aromatic carbocycles. The van der Waals surface area contributed by atoms with E-state index in [-0.39, 0.29) is 12.5 Å². The third-order valence-electron chi connectivity index (χ3n) is 5.68. The van der Waals surface area contributed by atoms with Crippen molar-refractivity contribution in [3.63, 3.8) is 0 Å². The van der Waals surface area contributed by atoms with E-state index in [1.807, 2.05) is 47.0 Å². The molecule has 0 atom stereocenters. The molecule has 1 fully saturated rings. The topological polar surface area (TPSA) is 78.1 Å². The van der Waals surface area contributed by atoms with E-state index in [1.165, 1.54) is 12.8 Å². The molecule has 0 unspecified atom stereocenters. The molecule has 1 aliphatic carbocycles. The summed E-state index contributed by atoms with van der Waals surface area (Å²) in [5.74, 6) is 2.20. The zero-order valence-corrected chi connectivity index (χ0v) is 16.5. The standard InChI is InChI=1S/C21H24N6O2/c1-25-18-9-10-26(19(28)13-29-16-5-3-2-4-6-16)12-17(18)20(24-25)21-23-22-14-27(21)11-15-7-8-15/h2-6,14-15H,7-13H2,1H3. The summed E-state index contributed by atoms with van der Waals surface area (Å²) < 4.78 is 9.66. The van der Waals surface area contributed by atoms with Gasteiger partial charge in [-0.3, -0.25) is 9.48 Å². The average molecular weight is 392 g/mol. The zero-order valence-electron chi connectivity index (χ0n) is 16.5. The van der Waals surface area contributed by atoms with E-state index in [2.05, 4.69) is 14.8 Å². The molecule has 3 heterocycles. The summed E-state index contributed by atoms with van der Waals surface area (Å²) in [6.07, 6.45) is 5.09. The van der Waals surface area contributed by atoms with Crippen molar-refractivity contribution in [2.75, 3.05) is 13.2 Å². The molecule has 1 saturated carbocycles. The van der Waals surface area contributed by atoms with Crippen LogP contribution in [0.2, 0.25) is 0 Å². The maximum atomic E-state index is 12.7. The Bertz CT molecular complexity index is 1020. The van der Waals surface area contributed by atoms with Crippen molar-refractivity contribution in [2.45, 2.75) is 32.4 Å². The summed E-state index contributed by atoms with van der Waals surface area (Å²) in [5, 5.41) is 13.2. The number of rotatable bonds is 6. The van der Waals surface area contributed by atoms with Crippen LogP contribution in [0.5, 0.6) is 5.75 Å². The van der Waals surface area contributed by atoms with Gasteiger partial charge in [0.15, 0.2) is 12.4 Å². The quantitative estimate of drug-likeness (QED) is 0.642. The van der Waals surface area contributed by atoms with Crippen LogP contribution >= 0.6 is 0 Å². The number of para-hydroxylation sites is 1. The van der Waals surface area contributed by atoms with E-state index in [4.69, 9.17) is 9.84 Å². The molecule has 150 valence electrons. The SMILES string of the molecule is Cn1nc(-c2nncn2CC2CC2)c2c1CCN(C(=O)COc1ccccc1)C2. The molecule has 3 aromatic rings. The summed E-state index contributed by atoms with van der Waals surface area (Å²) in [5.41, 5.74) is 3.06. The Labute approximate surface area is 169 Å². The van der Waals surface area contributed by atoms with Crippen molar-refractivity contribution >= 4 is 5.91 Å². The average Bonchev–Trinajstić information content (AvgIpc) is 3.35. The van der Waals surface area contributed by atoms with Crippen molar-refractivity contribution in [3.05, 3.63) is 47.9 Å². The van der Waals surface area contributed by atoms with Gasteiger partial charge in [-0.2, -0.15) is 5.10 Å². The van der Waals surface area contributed by atoms with E-state index in [0.717, 1.165) is 41.7 Å². The predicted molar refractivity (Wildman–Crippen MR) is 106 cm³/mol. The lowest BCUT2D eigenvalue weighted by Gasteiger charge is -2.27. The Morgan fingerprint density at radius 3 is 2.86 bits per heavy atom. The van der Waals surface area contributed by atoms with Crippen molar-refractivity contribution in [1.82, 2.24) is 29.4 Å². The normalized spacial score (nSPS) is 16.0. The van der Waals surface area contributed by atoms with Gasteiger partial charge in [-0.1, -0.05) is 18.2 Å². The van der Waals surface area contributed by atoms with E-state index in [1.54, 1.807) is 6.33 Å². The van der Waals surface area contributed by atoms with Crippen LogP contribution in [0.1, 0.15) is 24.1 Å². The Kier molecular flexibility index (Phi) is 4.54. The van der Waals surface area contributed by atoms with E-state index >= 15 is 0 Å². The number of nitrogens with zero attached hydrogens (tertiary/aromatic N) is 6. The first-order chi connectivity index (χ1) is 14.2. The molecule has 0 radical (unpaired) electrons. The van der Waals surface area contributed by atoms with Crippen LogP contribution in [0.4, 0.5) is 0 Å². The van der Waals surface area contributed by atoms with Gasteiger partial charge in [0, 0.05) is 44.4 Å². The monoisotopic (exact) mass is 392 g/mol. The number of carbonyl (C=O) groups excluding carboxylic acids is 1. The second kappa shape index (κ2) is 7.35. The first-order valence-corrected chi connectivity index (χ1v) is 10.1. The Morgan fingerprint density at radius 2 is 2.07 bits per heavy atom. The zero-order chi connectivity index (χ0) is 19.8. The molecule has 2 aliphatic rings. The van der Waals surface area contributed by atoms with Crippen molar-refractivity contribution in [1.29, 1.82) is 0 Å². The molecule has 8 heteroatoms. The van der Waals surface area contributed by atoms with E-state index in [0.29, 0.717) is 18.8 Å². The second-order valence-electron chi connectivity index (χ2n) is 7.81. The first kappa shape index (κ1) is 17.9. The number of ether oxygens (including phenoxy) is 1. The minimum Gasteiger partial charge on any atom is -0.484 e. The fraction of sp³-hybridized carbons (Fsp3) is 0.429. The molecular weight excluding hydrogens is 368 g/mol. The van der Waals surface area contributed by atoms with Gasteiger partial charge >= 0.3 is 0 Å². The van der Waals surface area contributed by atoms with Crippen LogP contribution in [-0.4, -0.2) is 48.5 Å². The Hall–Kier alpha value is -3.16. The van der Waals surface area contributed by atoms with Crippen LogP contribution in [0, 0.1) is 5.92 Å². The van der Waals surface area contributed by atoms with Gasteiger partial charge in [-0.15, -0.1) is 10.2 Å². The molecule has 0 bridgehead atoms. The molecule has 1 aliphatic heterocycles. The van der Waals surface area contributed by atoms with Gasteiger partial charge in [0.1, 0.15) is 17.8 Å². The number of amides is 1. The number of benzene rings is 1. The lowest BCUT2D eigenvalue weighted by atomic mass is 10.0. The minimum absolute atomic E-state index is 0.0197. The highest BCUT2D eigenvalue weighted by Gasteiger charge is 2.30. The minimum atomic E-state index is -0.0197. The molecule has 8 nitrogen and oxygen atoms in total. The molecular formula is C21H24N6O2. The first-order valence-electron chi connectivity index (χ1n) is 10.1. The Morgan fingerprint density at radius 1 is 1.24 bits per heavy atom. The number of aromatic nitrogens is 5. The second-order valence-corrected chi connectivity index (χ2v) is 7.81. The van der Waals surface area contributed by atoms with Crippen molar-refractivity contribution in [2.24, 2.45) is 13.0 Å². The number of aryl methyl sites for hydroxylation is 1. The van der Waals surface area contributed by atoms with E-state index < -0.39 is 0 Å². The number of carbonyl (C=O) groups is 1. The molecule has 1 amide bonds. The number of fused-ring (bicyclic) bond motifs is 1. The maximum Gasteiger partial charge on any atom is 0.260 e. The molecule has 0 saturated heterocycles. The van der Waals surface area contributed by atoms with Gasteiger partial charge in [0.25, 0.3) is 5.91 Å². The highest BCUT2D eigenvalue weighted by atomic mass is 16.5. The van der Waals surface area contributed by atoms with Crippen LogP contribution in [0.3, 0.4) is 0 Å². The highest BCUT2D eigenvalue weighted by Crippen LogP contribution is 2.33. The summed E-state index contributed by atoms with van der Waals surface area (Å²) in [4.78, 5) is 14.6. The summed E-state index contributed by atoms with van der Waals surface area (Å²) in [6.45, 7) is 2.15. The largest absolute Gasteiger partial charge is 0.484 e. The molecule has 0 N–H and O–H groups in total. The molecule has 0 spiro atoms. The van der Waals surface area contributed by atoms with Crippen molar-refractivity contribution in [3.8, 4) is 17.3 Å². The van der Waals surface area contributed by atoms with Crippen LogP contribution in [0.25, 0.3) is 11.5 Å². The summed E-state index contributed by atoms with van der Waals surface area (Å²) >= 11 is 0. The predicted octanol–water partition coefficient (Wildman–Crippen LogP) is 2.05. The molecule has 5 rings (SSSR count). The lowest BCUT2D eigenvalue weighted by molar-refractivity contribution is -0.134. The third-order valence-corrected chi connectivity index (χ3v) is 5.68. The molecule has 29 heavy (non-hydrogen) atoms. The van der Waals surface area contributed by atoms with Crippen LogP contribution in [-0.2, 0) is 31.4 Å². The molecule has 2 aromatic heterocycles. The number of hydrogen-bond donors (Lipinski definition) is 0. The van der Waals surface area contributed by atoms with Crippen LogP contribution in [0.15, 0.2) is 36.7 Å². The lowest BCUT2D eigenvalue weighted by Crippen LogP contribution is -2.39. The fourth-order valence-electron chi connectivity index (χ4n) is 3.89. The maximum absolute atomic E-state index is 12.7. The number of hydrogen-bond acceptors (Lipinski definition) is 5. The van der Waals surface area contributed by atoms with Gasteiger partial charge in [0.05, 0.1) is 0 Å².